The molecule has 0 amide bonds. The van der Waals surface area contributed by atoms with Crippen LogP contribution in [0, 0.1) is 13.1 Å². The van der Waals surface area contributed by atoms with Crippen molar-refractivity contribution in [1.29, 1.82) is 0 Å². The molecule has 1 saturated heterocycles. The molecule has 2 unspecified atom stereocenters. The Morgan fingerprint density at radius 3 is 2.90 bits per heavy atom. The lowest BCUT2D eigenvalue weighted by Crippen LogP contribution is -2.44. The van der Waals surface area contributed by atoms with Crippen LogP contribution in [0.15, 0.2) is 18.5 Å². The van der Waals surface area contributed by atoms with Crippen LogP contribution in [-0.4, -0.2) is 45.5 Å². The Morgan fingerprint density at radius 1 is 1.48 bits per heavy atom. The standard InChI is InChI=1S/C14H18N5O2/c1-10-8-18-19(2)12(10)13(11-9-15-6-7-20-11)21-14-16-4-3-5-17-14/h3-5,11,13,15H,6-7,9H2,1-2H3. The largest absolute Gasteiger partial charge is 0.451 e. The summed E-state index contributed by atoms with van der Waals surface area (Å²) in [6.45, 7) is 4.17. The van der Waals surface area contributed by atoms with Gasteiger partial charge in [-0.3, -0.25) is 4.68 Å². The van der Waals surface area contributed by atoms with Crippen molar-refractivity contribution in [3.63, 3.8) is 0 Å². The van der Waals surface area contributed by atoms with Crippen molar-refractivity contribution in [2.75, 3.05) is 19.7 Å². The maximum Gasteiger partial charge on any atom is 0.317 e. The van der Waals surface area contributed by atoms with Crippen LogP contribution in [0.25, 0.3) is 0 Å². The Hall–Kier alpha value is -1.99. The van der Waals surface area contributed by atoms with Crippen molar-refractivity contribution in [3.05, 3.63) is 35.9 Å². The van der Waals surface area contributed by atoms with Gasteiger partial charge in [0, 0.05) is 38.1 Å². The molecule has 21 heavy (non-hydrogen) atoms. The molecule has 0 aliphatic carbocycles. The molecule has 0 aromatic carbocycles. The van der Waals surface area contributed by atoms with Crippen molar-refractivity contribution < 1.29 is 9.47 Å². The molecule has 7 nitrogen and oxygen atoms in total. The van der Waals surface area contributed by atoms with Crippen LogP contribution in [0.4, 0.5) is 0 Å². The fraction of sp³-hybridized carbons (Fsp3) is 0.500. The lowest BCUT2D eigenvalue weighted by Gasteiger charge is -2.31. The van der Waals surface area contributed by atoms with E-state index in [1.165, 1.54) is 0 Å². The second kappa shape index (κ2) is 6.19. The van der Waals surface area contributed by atoms with Gasteiger partial charge in [-0.2, -0.15) is 5.10 Å². The molecule has 1 aliphatic heterocycles. The highest BCUT2D eigenvalue weighted by molar-refractivity contribution is 5.20. The van der Waals surface area contributed by atoms with E-state index in [0.717, 1.165) is 17.8 Å². The van der Waals surface area contributed by atoms with Gasteiger partial charge < -0.3 is 14.8 Å². The van der Waals surface area contributed by atoms with Gasteiger partial charge in [-0.15, -0.1) is 0 Å². The number of nitrogens with zero attached hydrogens (tertiary/aromatic N) is 4. The SMILES string of the molecule is Cc1[c]nn(C)c1C(Oc1ncccn1)C1CNCCO1. The van der Waals surface area contributed by atoms with Gasteiger partial charge in [-0.25, -0.2) is 9.97 Å². The minimum atomic E-state index is -0.330. The normalized spacial score (nSPS) is 20.2. The van der Waals surface area contributed by atoms with Crippen molar-refractivity contribution in [3.8, 4) is 6.01 Å². The third-order valence-corrected chi connectivity index (χ3v) is 3.44. The van der Waals surface area contributed by atoms with Crippen LogP contribution in [0.5, 0.6) is 6.01 Å². The fourth-order valence-electron chi connectivity index (χ4n) is 2.45. The molecule has 1 N–H and O–H groups in total. The van der Waals surface area contributed by atoms with E-state index in [0.29, 0.717) is 19.2 Å². The lowest BCUT2D eigenvalue weighted by molar-refractivity contribution is -0.0489. The molecule has 2 aromatic heterocycles. The molecule has 2 aromatic rings. The third kappa shape index (κ3) is 3.03. The van der Waals surface area contributed by atoms with Crippen LogP contribution in [0.2, 0.25) is 0 Å². The first-order chi connectivity index (χ1) is 10.3. The Bertz CT molecular complexity index is 561. The maximum absolute atomic E-state index is 5.99. The van der Waals surface area contributed by atoms with Gasteiger partial charge in [0.15, 0.2) is 6.10 Å². The highest BCUT2D eigenvalue weighted by Gasteiger charge is 2.32. The number of hydrogen-bond donors (Lipinski definition) is 1. The molecule has 3 heterocycles. The van der Waals surface area contributed by atoms with Crippen molar-refractivity contribution in [2.24, 2.45) is 7.05 Å². The first-order valence-electron chi connectivity index (χ1n) is 6.93. The average molecular weight is 288 g/mol. The molecule has 2 atom stereocenters. The van der Waals surface area contributed by atoms with Crippen molar-refractivity contribution >= 4 is 0 Å². The Morgan fingerprint density at radius 2 is 2.29 bits per heavy atom. The number of aryl methyl sites for hydroxylation is 2. The number of hydrogen-bond acceptors (Lipinski definition) is 6. The Kier molecular flexibility index (Phi) is 4.12. The zero-order chi connectivity index (χ0) is 14.7. The molecule has 1 fully saturated rings. The molecule has 1 radical (unpaired) electrons. The number of morpholine rings is 1. The van der Waals surface area contributed by atoms with E-state index in [1.54, 1.807) is 23.1 Å². The summed E-state index contributed by atoms with van der Waals surface area (Å²) >= 11 is 0. The molecular weight excluding hydrogens is 270 g/mol. The Balaban J connectivity index is 1.90. The number of nitrogens with one attached hydrogen (secondary N) is 1. The van der Waals surface area contributed by atoms with Gasteiger partial charge in [0.05, 0.1) is 12.3 Å². The molecule has 1 aliphatic rings. The van der Waals surface area contributed by atoms with E-state index in [1.807, 2.05) is 14.0 Å². The summed E-state index contributed by atoms with van der Waals surface area (Å²) in [6, 6.07) is 2.08. The van der Waals surface area contributed by atoms with Crippen LogP contribution < -0.4 is 10.1 Å². The number of ether oxygens (including phenoxy) is 2. The highest BCUT2D eigenvalue weighted by atomic mass is 16.6. The lowest BCUT2D eigenvalue weighted by atomic mass is 10.1. The van der Waals surface area contributed by atoms with E-state index in [2.05, 4.69) is 26.6 Å². The molecular formula is C14H18N5O2. The summed E-state index contributed by atoms with van der Waals surface area (Å²) < 4.78 is 13.6. The summed E-state index contributed by atoms with van der Waals surface area (Å²) in [5.74, 6) is 0. The number of rotatable bonds is 4. The third-order valence-electron chi connectivity index (χ3n) is 3.44. The van der Waals surface area contributed by atoms with Gasteiger partial charge in [-0.05, 0) is 13.0 Å². The van der Waals surface area contributed by atoms with Crippen molar-refractivity contribution in [1.82, 2.24) is 25.1 Å². The average Bonchev–Trinajstić information content (AvgIpc) is 2.86. The van der Waals surface area contributed by atoms with E-state index < -0.39 is 0 Å². The molecule has 0 bridgehead atoms. The van der Waals surface area contributed by atoms with E-state index in [4.69, 9.17) is 9.47 Å². The molecule has 0 spiro atoms. The summed E-state index contributed by atoms with van der Waals surface area (Å²) in [5, 5.41) is 7.48. The zero-order valence-electron chi connectivity index (χ0n) is 12.1. The summed E-state index contributed by atoms with van der Waals surface area (Å²) in [4.78, 5) is 8.27. The first-order valence-corrected chi connectivity index (χ1v) is 6.93. The van der Waals surface area contributed by atoms with Crippen LogP contribution >= 0.6 is 0 Å². The minimum Gasteiger partial charge on any atom is -0.451 e. The van der Waals surface area contributed by atoms with Crippen LogP contribution in [0.1, 0.15) is 17.4 Å². The van der Waals surface area contributed by atoms with Gasteiger partial charge in [0.1, 0.15) is 12.3 Å². The van der Waals surface area contributed by atoms with E-state index >= 15 is 0 Å². The molecule has 7 heteroatoms. The second-order valence-electron chi connectivity index (χ2n) is 4.93. The monoisotopic (exact) mass is 288 g/mol. The van der Waals surface area contributed by atoms with Gasteiger partial charge >= 0.3 is 6.01 Å². The summed E-state index contributed by atoms with van der Waals surface area (Å²) in [6.07, 6.45) is 5.82. The van der Waals surface area contributed by atoms with Crippen LogP contribution in [-0.2, 0) is 11.8 Å². The Labute approximate surface area is 123 Å². The summed E-state index contributed by atoms with van der Waals surface area (Å²) in [5.41, 5.74) is 1.86. The number of aromatic nitrogens is 4. The van der Waals surface area contributed by atoms with E-state index in [-0.39, 0.29) is 12.2 Å². The topological polar surface area (TPSA) is 74.1 Å². The molecule has 0 saturated carbocycles. The maximum atomic E-state index is 5.99. The predicted molar refractivity (Wildman–Crippen MR) is 74.8 cm³/mol. The highest BCUT2D eigenvalue weighted by Crippen LogP contribution is 2.27. The van der Waals surface area contributed by atoms with Crippen molar-refractivity contribution in [2.45, 2.75) is 19.1 Å². The van der Waals surface area contributed by atoms with Gasteiger partial charge in [0.25, 0.3) is 0 Å². The second-order valence-corrected chi connectivity index (χ2v) is 4.93. The molecule has 111 valence electrons. The summed E-state index contributed by atoms with van der Waals surface area (Å²) in [7, 11) is 1.87. The van der Waals surface area contributed by atoms with E-state index in [9.17, 15) is 0 Å². The van der Waals surface area contributed by atoms with Gasteiger partial charge in [0.2, 0.25) is 0 Å². The smallest absolute Gasteiger partial charge is 0.317 e. The zero-order valence-corrected chi connectivity index (χ0v) is 12.1. The van der Waals surface area contributed by atoms with Gasteiger partial charge in [-0.1, -0.05) is 0 Å². The first kappa shape index (κ1) is 14.0. The fourth-order valence-corrected chi connectivity index (χ4v) is 2.45. The predicted octanol–water partition coefficient (Wildman–Crippen LogP) is 0.427. The van der Waals surface area contributed by atoms with Crippen LogP contribution in [0.3, 0.4) is 0 Å². The molecule has 3 rings (SSSR count). The minimum absolute atomic E-state index is 0.120. The quantitative estimate of drug-likeness (QED) is 0.879.